The Kier molecular flexibility index (Phi) is 1.82. The van der Waals surface area contributed by atoms with Crippen LogP contribution in [0, 0.1) is 5.41 Å². The third-order valence-corrected chi connectivity index (χ3v) is 3.03. The number of methoxy groups -OCH3 is 1. The molecule has 5 nitrogen and oxygen atoms in total. The minimum absolute atomic E-state index is 0.418. The van der Waals surface area contributed by atoms with Crippen molar-refractivity contribution in [3.05, 3.63) is 12.4 Å². The molecule has 1 spiro atoms. The van der Waals surface area contributed by atoms with Crippen LogP contribution in [0.5, 0.6) is 6.01 Å². The van der Waals surface area contributed by atoms with E-state index in [1.807, 2.05) is 0 Å². The molecule has 5 heteroatoms. The Morgan fingerprint density at radius 3 is 2.47 bits per heavy atom. The molecule has 15 heavy (non-hydrogen) atoms. The summed E-state index contributed by atoms with van der Waals surface area (Å²) in [5.41, 5.74) is 1.49. The molecule has 0 saturated carbocycles. The third-order valence-electron chi connectivity index (χ3n) is 3.03. The number of ether oxygens (including phenoxy) is 2. The smallest absolute Gasteiger partial charge is 0.316 e. The molecule has 0 radical (unpaired) electrons. The molecule has 2 aliphatic rings. The maximum absolute atomic E-state index is 5.22. The standard InChI is InChI=1S/C10H13N3O2/c1-14-9-11-2-8(3-12-9)13-4-10(5-13)6-15-7-10/h2-3H,4-7H2,1H3. The van der Waals surface area contributed by atoms with Crippen LogP contribution in [0.1, 0.15) is 0 Å². The van der Waals surface area contributed by atoms with Crippen molar-refractivity contribution in [1.82, 2.24) is 9.97 Å². The van der Waals surface area contributed by atoms with Gasteiger partial charge in [-0.25, -0.2) is 9.97 Å². The zero-order valence-electron chi connectivity index (χ0n) is 8.64. The monoisotopic (exact) mass is 207 g/mol. The number of aromatic nitrogens is 2. The summed E-state index contributed by atoms with van der Waals surface area (Å²) >= 11 is 0. The van der Waals surface area contributed by atoms with Crippen LogP contribution in [0.2, 0.25) is 0 Å². The van der Waals surface area contributed by atoms with Crippen molar-refractivity contribution in [3.8, 4) is 6.01 Å². The average molecular weight is 207 g/mol. The van der Waals surface area contributed by atoms with Gasteiger partial charge in [-0.1, -0.05) is 0 Å². The van der Waals surface area contributed by atoms with Gasteiger partial charge in [0, 0.05) is 13.1 Å². The fourth-order valence-electron chi connectivity index (χ4n) is 2.10. The maximum Gasteiger partial charge on any atom is 0.316 e. The van der Waals surface area contributed by atoms with Gasteiger partial charge in [0.15, 0.2) is 0 Å². The predicted molar refractivity (Wildman–Crippen MR) is 54.0 cm³/mol. The molecule has 3 heterocycles. The van der Waals surface area contributed by atoms with E-state index in [1.54, 1.807) is 19.5 Å². The molecule has 2 saturated heterocycles. The van der Waals surface area contributed by atoms with E-state index in [2.05, 4.69) is 14.9 Å². The van der Waals surface area contributed by atoms with Crippen LogP contribution in [0.15, 0.2) is 12.4 Å². The van der Waals surface area contributed by atoms with Crippen LogP contribution < -0.4 is 9.64 Å². The first-order valence-electron chi connectivity index (χ1n) is 5.00. The first-order valence-corrected chi connectivity index (χ1v) is 5.00. The highest BCUT2D eigenvalue weighted by molar-refractivity contribution is 5.47. The summed E-state index contributed by atoms with van der Waals surface area (Å²) in [6, 6.07) is 0.418. The molecular formula is C10H13N3O2. The van der Waals surface area contributed by atoms with Gasteiger partial charge >= 0.3 is 6.01 Å². The van der Waals surface area contributed by atoms with E-state index in [1.165, 1.54) is 0 Å². The summed E-state index contributed by atoms with van der Waals surface area (Å²) in [6.45, 7) is 3.92. The first kappa shape index (κ1) is 8.91. The Balaban J connectivity index is 1.67. The first-order chi connectivity index (χ1) is 7.31. The second-order valence-corrected chi connectivity index (χ2v) is 4.28. The molecular weight excluding hydrogens is 194 g/mol. The zero-order valence-corrected chi connectivity index (χ0v) is 8.64. The summed E-state index contributed by atoms with van der Waals surface area (Å²) in [4.78, 5) is 10.4. The van der Waals surface area contributed by atoms with Crippen LogP contribution in [0.4, 0.5) is 5.69 Å². The molecule has 2 fully saturated rings. The molecule has 0 bridgehead atoms. The molecule has 0 atom stereocenters. The quantitative estimate of drug-likeness (QED) is 0.699. The van der Waals surface area contributed by atoms with Crippen LogP contribution in [-0.4, -0.2) is 43.4 Å². The molecule has 1 aromatic rings. The number of hydrogen-bond acceptors (Lipinski definition) is 5. The van der Waals surface area contributed by atoms with E-state index in [4.69, 9.17) is 9.47 Å². The molecule has 1 aromatic heterocycles. The fourth-order valence-corrected chi connectivity index (χ4v) is 2.10. The van der Waals surface area contributed by atoms with E-state index in [9.17, 15) is 0 Å². The van der Waals surface area contributed by atoms with Gasteiger partial charge in [0.05, 0.1) is 43.8 Å². The topological polar surface area (TPSA) is 47.5 Å². The normalized spacial score (nSPS) is 22.1. The molecule has 0 aromatic carbocycles. The lowest BCUT2D eigenvalue weighted by Crippen LogP contribution is -2.66. The van der Waals surface area contributed by atoms with Gasteiger partial charge in [-0.15, -0.1) is 0 Å². The van der Waals surface area contributed by atoms with E-state index in [-0.39, 0.29) is 0 Å². The Morgan fingerprint density at radius 1 is 1.33 bits per heavy atom. The van der Waals surface area contributed by atoms with Crippen molar-refractivity contribution in [2.24, 2.45) is 5.41 Å². The third kappa shape index (κ3) is 1.34. The molecule has 0 amide bonds. The summed E-state index contributed by atoms with van der Waals surface area (Å²) in [5.74, 6) is 0. The summed E-state index contributed by atoms with van der Waals surface area (Å²) in [5, 5.41) is 0. The highest BCUT2D eigenvalue weighted by Crippen LogP contribution is 2.39. The lowest BCUT2D eigenvalue weighted by Gasteiger charge is -2.55. The van der Waals surface area contributed by atoms with Crippen molar-refractivity contribution in [2.45, 2.75) is 0 Å². The lowest BCUT2D eigenvalue weighted by atomic mass is 9.78. The maximum atomic E-state index is 5.22. The molecule has 3 rings (SSSR count). The molecule has 0 aliphatic carbocycles. The lowest BCUT2D eigenvalue weighted by molar-refractivity contribution is -0.127. The Morgan fingerprint density at radius 2 is 2.00 bits per heavy atom. The predicted octanol–water partition coefficient (Wildman–Crippen LogP) is 0.322. The Hall–Kier alpha value is -1.36. The van der Waals surface area contributed by atoms with Gasteiger partial charge in [0.2, 0.25) is 0 Å². The van der Waals surface area contributed by atoms with Crippen LogP contribution >= 0.6 is 0 Å². The highest BCUT2D eigenvalue weighted by atomic mass is 16.5. The van der Waals surface area contributed by atoms with Gasteiger partial charge in [0.25, 0.3) is 0 Å². The highest BCUT2D eigenvalue weighted by Gasteiger charge is 2.49. The second kappa shape index (κ2) is 3.06. The number of rotatable bonds is 2. The van der Waals surface area contributed by atoms with Crippen molar-refractivity contribution in [2.75, 3.05) is 38.3 Å². The van der Waals surface area contributed by atoms with E-state index >= 15 is 0 Å². The van der Waals surface area contributed by atoms with Gasteiger partial charge < -0.3 is 14.4 Å². The molecule has 2 aliphatic heterocycles. The molecule has 80 valence electrons. The second-order valence-electron chi connectivity index (χ2n) is 4.28. The van der Waals surface area contributed by atoms with Gasteiger partial charge in [-0.2, -0.15) is 0 Å². The van der Waals surface area contributed by atoms with Crippen molar-refractivity contribution in [1.29, 1.82) is 0 Å². The molecule has 0 N–H and O–H groups in total. The summed E-state index contributed by atoms with van der Waals surface area (Å²) in [7, 11) is 1.57. The minimum Gasteiger partial charge on any atom is -0.467 e. The Labute approximate surface area is 88.0 Å². The summed E-state index contributed by atoms with van der Waals surface area (Å²) in [6.07, 6.45) is 3.61. The summed E-state index contributed by atoms with van der Waals surface area (Å²) < 4.78 is 10.1. The minimum atomic E-state index is 0.418. The largest absolute Gasteiger partial charge is 0.467 e. The van der Waals surface area contributed by atoms with E-state index in [0.717, 1.165) is 32.0 Å². The zero-order chi connectivity index (χ0) is 10.3. The number of nitrogens with zero attached hydrogens (tertiary/aromatic N) is 3. The van der Waals surface area contributed by atoms with Crippen molar-refractivity contribution in [3.63, 3.8) is 0 Å². The molecule has 0 unspecified atom stereocenters. The Bertz CT molecular complexity index is 353. The van der Waals surface area contributed by atoms with Crippen LogP contribution in [0.25, 0.3) is 0 Å². The van der Waals surface area contributed by atoms with Crippen LogP contribution in [-0.2, 0) is 4.74 Å². The van der Waals surface area contributed by atoms with Crippen molar-refractivity contribution < 1.29 is 9.47 Å². The fraction of sp³-hybridized carbons (Fsp3) is 0.600. The van der Waals surface area contributed by atoms with Gasteiger partial charge in [-0.05, 0) is 0 Å². The number of anilines is 1. The number of hydrogen-bond donors (Lipinski definition) is 0. The van der Waals surface area contributed by atoms with Crippen molar-refractivity contribution >= 4 is 5.69 Å². The average Bonchev–Trinajstić information content (AvgIpc) is 2.14. The van der Waals surface area contributed by atoms with E-state index in [0.29, 0.717) is 11.4 Å². The van der Waals surface area contributed by atoms with E-state index < -0.39 is 0 Å². The van der Waals surface area contributed by atoms with Gasteiger partial charge in [0.1, 0.15) is 0 Å². The van der Waals surface area contributed by atoms with Gasteiger partial charge in [-0.3, -0.25) is 0 Å². The SMILES string of the molecule is COc1ncc(N2CC3(COC3)C2)cn1. The van der Waals surface area contributed by atoms with Crippen LogP contribution in [0.3, 0.4) is 0 Å².